The fraction of sp³-hybridized carbons (Fsp3) is 0.182. The van der Waals surface area contributed by atoms with Crippen molar-refractivity contribution in [2.75, 3.05) is 0 Å². The summed E-state index contributed by atoms with van der Waals surface area (Å²) in [6.45, 7) is 4.77. The van der Waals surface area contributed by atoms with E-state index in [9.17, 15) is 9.90 Å². The molecule has 0 bridgehead atoms. The van der Waals surface area contributed by atoms with Crippen LogP contribution >= 0.6 is 0 Å². The third-order valence-corrected chi connectivity index (χ3v) is 2.18. The van der Waals surface area contributed by atoms with Gasteiger partial charge in [-0.3, -0.25) is 0 Å². The zero-order chi connectivity index (χ0) is 10.8. The molecule has 0 fully saturated rings. The minimum atomic E-state index is -1.52. The minimum Gasteiger partial charge on any atom is -0.478 e. The van der Waals surface area contributed by atoms with E-state index in [1.807, 2.05) is 0 Å². The van der Waals surface area contributed by atoms with Gasteiger partial charge in [0.05, 0.1) is 5.57 Å². The van der Waals surface area contributed by atoms with Crippen molar-refractivity contribution in [3.8, 4) is 0 Å². The SMILES string of the molecule is C=C(C(=O)O)C(C)(O)c1ccccc1. The third kappa shape index (κ3) is 1.83. The molecule has 1 aromatic rings. The highest BCUT2D eigenvalue weighted by Gasteiger charge is 2.30. The van der Waals surface area contributed by atoms with Gasteiger partial charge in [0.1, 0.15) is 5.60 Å². The molecule has 1 atom stereocenters. The van der Waals surface area contributed by atoms with Gasteiger partial charge in [-0.1, -0.05) is 36.9 Å². The molecular weight excluding hydrogens is 180 g/mol. The summed E-state index contributed by atoms with van der Waals surface area (Å²) in [4.78, 5) is 10.7. The van der Waals surface area contributed by atoms with Gasteiger partial charge in [-0.15, -0.1) is 0 Å². The molecule has 2 N–H and O–H groups in total. The molecule has 1 rings (SSSR count). The summed E-state index contributed by atoms with van der Waals surface area (Å²) in [6, 6.07) is 8.59. The average Bonchev–Trinajstić information content (AvgIpc) is 2.18. The van der Waals surface area contributed by atoms with Gasteiger partial charge >= 0.3 is 5.97 Å². The second-order valence-electron chi connectivity index (χ2n) is 3.22. The van der Waals surface area contributed by atoms with Crippen LogP contribution in [0.2, 0.25) is 0 Å². The molecule has 3 nitrogen and oxygen atoms in total. The maximum Gasteiger partial charge on any atom is 0.334 e. The van der Waals surface area contributed by atoms with Crippen LogP contribution in [-0.2, 0) is 10.4 Å². The van der Waals surface area contributed by atoms with E-state index in [2.05, 4.69) is 6.58 Å². The summed E-state index contributed by atoms with van der Waals surface area (Å²) in [7, 11) is 0. The lowest BCUT2D eigenvalue weighted by Gasteiger charge is -2.23. The number of hydrogen-bond acceptors (Lipinski definition) is 2. The van der Waals surface area contributed by atoms with E-state index in [0.29, 0.717) is 5.56 Å². The van der Waals surface area contributed by atoms with Crippen molar-refractivity contribution in [3.63, 3.8) is 0 Å². The van der Waals surface area contributed by atoms with Crippen molar-refractivity contribution in [1.29, 1.82) is 0 Å². The first-order valence-electron chi connectivity index (χ1n) is 4.17. The van der Waals surface area contributed by atoms with Gasteiger partial charge in [0.15, 0.2) is 0 Å². The number of carboxylic acids is 1. The van der Waals surface area contributed by atoms with E-state index in [-0.39, 0.29) is 5.57 Å². The molecule has 0 radical (unpaired) electrons. The zero-order valence-corrected chi connectivity index (χ0v) is 7.90. The first-order valence-corrected chi connectivity index (χ1v) is 4.17. The second kappa shape index (κ2) is 3.64. The van der Waals surface area contributed by atoms with Crippen molar-refractivity contribution in [2.45, 2.75) is 12.5 Å². The molecule has 0 amide bonds. The Kier molecular flexibility index (Phi) is 2.72. The summed E-state index contributed by atoms with van der Waals surface area (Å²) in [6.07, 6.45) is 0. The van der Waals surface area contributed by atoms with Gasteiger partial charge in [-0.2, -0.15) is 0 Å². The van der Waals surface area contributed by atoms with E-state index in [1.54, 1.807) is 30.3 Å². The summed E-state index contributed by atoms with van der Waals surface area (Å²) in [5.74, 6) is -1.20. The molecule has 0 heterocycles. The number of rotatable bonds is 3. The van der Waals surface area contributed by atoms with E-state index >= 15 is 0 Å². The van der Waals surface area contributed by atoms with Gasteiger partial charge in [0.25, 0.3) is 0 Å². The molecule has 0 aromatic heterocycles. The van der Waals surface area contributed by atoms with Gasteiger partial charge < -0.3 is 10.2 Å². The van der Waals surface area contributed by atoms with Gasteiger partial charge in [-0.05, 0) is 12.5 Å². The Morgan fingerprint density at radius 2 is 1.86 bits per heavy atom. The summed E-state index contributed by atoms with van der Waals surface area (Å²) in [5, 5.41) is 18.7. The van der Waals surface area contributed by atoms with Crippen LogP contribution in [-0.4, -0.2) is 16.2 Å². The molecular formula is C11H12O3. The lowest BCUT2D eigenvalue weighted by Crippen LogP contribution is -2.27. The predicted octanol–water partition coefficient (Wildman–Crippen LogP) is 1.53. The Labute approximate surface area is 82.3 Å². The van der Waals surface area contributed by atoms with Crippen LogP contribution in [0.4, 0.5) is 0 Å². The van der Waals surface area contributed by atoms with Crippen LogP contribution in [0.5, 0.6) is 0 Å². The lowest BCUT2D eigenvalue weighted by atomic mass is 9.89. The van der Waals surface area contributed by atoms with Crippen molar-refractivity contribution in [1.82, 2.24) is 0 Å². The van der Waals surface area contributed by atoms with E-state index in [1.165, 1.54) is 6.92 Å². The molecule has 14 heavy (non-hydrogen) atoms. The number of aliphatic hydroxyl groups is 1. The maximum atomic E-state index is 10.7. The molecule has 0 saturated carbocycles. The molecule has 0 aliphatic heterocycles. The molecule has 0 aliphatic carbocycles. The maximum absolute atomic E-state index is 10.7. The third-order valence-electron chi connectivity index (χ3n) is 2.18. The predicted molar refractivity (Wildman–Crippen MR) is 52.8 cm³/mol. The Balaban J connectivity index is 3.08. The van der Waals surface area contributed by atoms with Crippen molar-refractivity contribution in [2.24, 2.45) is 0 Å². The fourth-order valence-electron chi connectivity index (χ4n) is 1.15. The first-order chi connectivity index (χ1) is 6.46. The molecule has 0 aliphatic rings. The van der Waals surface area contributed by atoms with Gasteiger partial charge in [0.2, 0.25) is 0 Å². The smallest absolute Gasteiger partial charge is 0.334 e. The van der Waals surface area contributed by atoms with Crippen molar-refractivity contribution in [3.05, 3.63) is 48.0 Å². The van der Waals surface area contributed by atoms with Gasteiger partial charge in [0, 0.05) is 0 Å². The van der Waals surface area contributed by atoms with Crippen LogP contribution < -0.4 is 0 Å². The fourth-order valence-corrected chi connectivity index (χ4v) is 1.15. The second-order valence-corrected chi connectivity index (χ2v) is 3.22. The summed E-state index contributed by atoms with van der Waals surface area (Å²) in [5.41, 5.74) is -1.23. The number of aliphatic carboxylic acids is 1. The van der Waals surface area contributed by atoms with Crippen LogP contribution in [0.15, 0.2) is 42.5 Å². The highest BCUT2D eigenvalue weighted by Crippen LogP contribution is 2.27. The number of carbonyl (C=O) groups is 1. The van der Waals surface area contributed by atoms with Gasteiger partial charge in [-0.25, -0.2) is 4.79 Å². The normalized spacial score (nSPS) is 14.4. The Hall–Kier alpha value is -1.61. The standard InChI is InChI=1S/C11H12O3/c1-8(10(12)13)11(2,14)9-6-4-3-5-7-9/h3-7,14H,1H2,2H3,(H,12,13). The molecule has 0 spiro atoms. The number of carboxylic acid groups (broad SMARTS) is 1. The highest BCUT2D eigenvalue weighted by molar-refractivity contribution is 5.88. The molecule has 1 unspecified atom stereocenters. The topological polar surface area (TPSA) is 57.5 Å². The van der Waals surface area contributed by atoms with E-state index in [0.717, 1.165) is 0 Å². The Bertz CT molecular complexity index is 352. The molecule has 1 aromatic carbocycles. The van der Waals surface area contributed by atoms with E-state index < -0.39 is 11.6 Å². The van der Waals surface area contributed by atoms with Crippen LogP contribution in [0.3, 0.4) is 0 Å². The lowest BCUT2D eigenvalue weighted by molar-refractivity contribution is -0.135. The number of hydrogen-bond donors (Lipinski definition) is 2. The first kappa shape index (κ1) is 10.5. The Morgan fingerprint density at radius 3 is 2.29 bits per heavy atom. The number of benzene rings is 1. The highest BCUT2D eigenvalue weighted by atomic mass is 16.4. The quantitative estimate of drug-likeness (QED) is 0.714. The summed E-state index contributed by atoms with van der Waals surface area (Å²) < 4.78 is 0. The van der Waals surface area contributed by atoms with Crippen molar-refractivity contribution >= 4 is 5.97 Å². The zero-order valence-electron chi connectivity index (χ0n) is 7.90. The monoisotopic (exact) mass is 192 g/mol. The van der Waals surface area contributed by atoms with Crippen LogP contribution in [0, 0.1) is 0 Å². The molecule has 74 valence electrons. The Morgan fingerprint density at radius 1 is 1.36 bits per heavy atom. The van der Waals surface area contributed by atoms with Crippen LogP contribution in [0.1, 0.15) is 12.5 Å². The average molecular weight is 192 g/mol. The molecule has 0 saturated heterocycles. The largest absolute Gasteiger partial charge is 0.478 e. The minimum absolute atomic E-state index is 0.233. The molecule has 3 heteroatoms. The summed E-state index contributed by atoms with van der Waals surface area (Å²) >= 11 is 0. The van der Waals surface area contributed by atoms with Crippen molar-refractivity contribution < 1.29 is 15.0 Å². The van der Waals surface area contributed by atoms with Crippen LogP contribution in [0.25, 0.3) is 0 Å². The van der Waals surface area contributed by atoms with E-state index in [4.69, 9.17) is 5.11 Å².